The first-order chi connectivity index (χ1) is 15.9. The summed E-state index contributed by atoms with van der Waals surface area (Å²) in [5, 5.41) is 9.35. The average molecular weight is 465 g/mol. The molecular weight excluding hydrogens is 432 g/mol. The van der Waals surface area contributed by atoms with Crippen LogP contribution in [-0.4, -0.2) is 32.0 Å². The lowest BCUT2D eigenvalue weighted by Crippen LogP contribution is -2.40. The summed E-state index contributed by atoms with van der Waals surface area (Å²) in [5.74, 6) is 2.24. The monoisotopic (exact) mass is 464 g/mol. The van der Waals surface area contributed by atoms with Crippen LogP contribution < -0.4 is 9.64 Å². The van der Waals surface area contributed by atoms with E-state index >= 15 is 0 Å². The maximum absolute atomic E-state index is 13.4. The summed E-state index contributed by atoms with van der Waals surface area (Å²) in [6.07, 6.45) is 1.90. The van der Waals surface area contributed by atoms with Crippen LogP contribution in [0.25, 0.3) is 0 Å². The molecule has 1 aliphatic rings. The van der Waals surface area contributed by atoms with Crippen molar-refractivity contribution in [3.63, 3.8) is 0 Å². The van der Waals surface area contributed by atoms with Gasteiger partial charge in [-0.3, -0.25) is 4.79 Å². The van der Waals surface area contributed by atoms with Crippen molar-refractivity contribution >= 4 is 23.4 Å². The minimum absolute atomic E-state index is 0.109. The van der Waals surface area contributed by atoms with Crippen molar-refractivity contribution in [3.05, 3.63) is 66.0 Å². The van der Waals surface area contributed by atoms with Crippen molar-refractivity contribution in [1.29, 1.82) is 0 Å². The highest BCUT2D eigenvalue weighted by Crippen LogP contribution is 2.34. The zero-order chi connectivity index (χ0) is 23.4. The molecule has 4 rings (SSSR count). The summed E-state index contributed by atoms with van der Waals surface area (Å²) < 4.78 is 8.04. The molecule has 0 spiro atoms. The first-order valence-electron chi connectivity index (χ1n) is 11.6. The molecule has 0 radical (unpaired) electrons. The number of aromatic nitrogens is 3. The minimum Gasteiger partial charge on any atom is -0.486 e. The van der Waals surface area contributed by atoms with Crippen molar-refractivity contribution < 1.29 is 9.53 Å². The topological polar surface area (TPSA) is 60.2 Å². The van der Waals surface area contributed by atoms with Gasteiger partial charge in [-0.05, 0) is 56.4 Å². The summed E-state index contributed by atoms with van der Waals surface area (Å²) in [5.41, 5.74) is 2.26. The molecule has 2 aromatic carbocycles. The van der Waals surface area contributed by atoms with E-state index in [-0.39, 0.29) is 17.2 Å². The van der Waals surface area contributed by atoms with Gasteiger partial charge < -0.3 is 14.2 Å². The van der Waals surface area contributed by atoms with E-state index < -0.39 is 0 Å². The molecule has 0 saturated carbocycles. The standard InChI is InChI=1S/C26H32N4O2S/c1-18(2)14-15-29-24(17-32-22-11-6-5-7-12-22)27-28-26(29)33-20(4)25(31)30-19(3)16-21-10-8-9-13-23(21)30/h5-13,18-20H,14-17H2,1-4H3. The number of ether oxygens (including phenoxy) is 1. The van der Waals surface area contributed by atoms with Gasteiger partial charge in [-0.1, -0.05) is 62.0 Å². The molecule has 0 bridgehead atoms. The fourth-order valence-corrected chi connectivity index (χ4v) is 5.04. The predicted octanol–water partition coefficient (Wildman–Crippen LogP) is 5.36. The van der Waals surface area contributed by atoms with E-state index in [9.17, 15) is 4.79 Å². The Morgan fingerprint density at radius 1 is 1.09 bits per heavy atom. The molecule has 174 valence electrons. The van der Waals surface area contributed by atoms with Gasteiger partial charge in [0.05, 0.1) is 5.25 Å². The number of para-hydroxylation sites is 2. The number of carbonyl (C=O) groups excluding carboxylic acids is 1. The van der Waals surface area contributed by atoms with Gasteiger partial charge in [-0.2, -0.15) is 0 Å². The Hall–Kier alpha value is -2.80. The maximum Gasteiger partial charge on any atom is 0.240 e. The smallest absolute Gasteiger partial charge is 0.240 e. The third-order valence-electron chi connectivity index (χ3n) is 5.91. The summed E-state index contributed by atoms with van der Waals surface area (Å²) in [7, 11) is 0. The van der Waals surface area contributed by atoms with Crippen LogP contribution in [0.1, 0.15) is 45.5 Å². The quantitative estimate of drug-likeness (QED) is 0.399. The summed E-state index contributed by atoms with van der Waals surface area (Å²) in [4.78, 5) is 15.4. The van der Waals surface area contributed by atoms with Crippen LogP contribution in [0.15, 0.2) is 59.8 Å². The van der Waals surface area contributed by atoms with Crippen LogP contribution in [0.4, 0.5) is 5.69 Å². The second-order valence-electron chi connectivity index (χ2n) is 8.98. The number of carbonyl (C=O) groups is 1. The van der Waals surface area contributed by atoms with E-state index in [1.807, 2.05) is 60.4 Å². The number of nitrogens with zero attached hydrogens (tertiary/aromatic N) is 4. The number of hydrogen-bond acceptors (Lipinski definition) is 5. The Bertz CT molecular complexity index is 1080. The Labute approximate surface area is 200 Å². The summed E-state index contributed by atoms with van der Waals surface area (Å²) in [6.45, 7) is 9.62. The van der Waals surface area contributed by atoms with Crippen LogP contribution in [0.2, 0.25) is 0 Å². The van der Waals surface area contributed by atoms with Gasteiger partial charge in [0.25, 0.3) is 0 Å². The zero-order valence-electron chi connectivity index (χ0n) is 19.8. The Morgan fingerprint density at radius 2 is 1.82 bits per heavy atom. The highest BCUT2D eigenvalue weighted by molar-refractivity contribution is 8.00. The molecule has 2 heterocycles. The summed E-state index contributed by atoms with van der Waals surface area (Å²) >= 11 is 1.48. The highest BCUT2D eigenvalue weighted by Gasteiger charge is 2.34. The van der Waals surface area contributed by atoms with E-state index in [4.69, 9.17) is 4.74 Å². The highest BCUT2D eigenvalue weighted by atomic mass is 32.2. The van der Waals surface area contributed by atoms with Crippen molar-refractivity contribution in [2.45, 2.75) is 70.1 Å². The molecule has 1 aliphatic heterocycles. The van der Waals surface area contributed by atoms with Crippen molar-refractivity contribution in [3.8, 4) is 5.75 Å². The molecule has 2 unspecified atom stereocenters. The molecule has 6 nitrogen and oxygen atoms in total. The first kappa shape index (κ1) is 23.4. The number of fused-ring (bicyclic) bond motifs is 1. The van der Waals surface area contributed by atoms with E-state index in [0.717, 1.165) is 41.8 Å². The summed E-state index contributed by atoms with van der Waals surface area (Å²) in [6, 6.07) is 18.1. The van der Waals surface area contributed by atoms with E-state index in [0.29, 0.717) is 12.5 Å². The lowest BCUT2D eigenvalue weighted by molar-refractivity contribution is -0.118. The van der Waals surface area contributed by atoms with E-state index in [1.165, 1.54) is 17.3 Å². The number of hydrogen-bond donors (Lipinski definition) is 0. The SMILES string of the molecule is CC(C)CCn1c(COc2ccccc2)nnc1SC(C)C(=O)N1c2ccccc2CC1C. The van der Waals surface area contributed by atoms with Crippen LogP contribution >= 0.6 is 11.8 Å². The normalized spacial score (nSPS) is 16.2. The molecule has 7 heteroatoms. The van der Waals surface area contributed by atoms with E-state index in [2.05, 4.69) is 41.6 Å². The second kappa shape index (κ2) is 10.4. The Morgan fingerprint density at radius 3 is 2.58 bits per heavy atom. The van der Waals surface area contributed by atoms with Gasteiger partial charge >= 0.3 is 0 Å². The number of amides is 1. The fourth-order valence-electron chi connectivity index (χ4n) is 4.10. The van der Waals surface area contributed by atoms with Crippen LogP contribution in [-0.2, 0) is 24.4 Å². The molecular formula is C26H32N4O2S. The molecule has 0 aliphatic carbocycles. The lowest BCUT2D eigenvalue weighted by atomic mass is 10.1. The predicted molar refractivity (Wildman–Crippen MR) is 133 cm³/mol. The van der Waals surface area contributed by atoms with Crippen LogP contribution in [0, 0.1) is 5.92 Å². The number of thioether (sulfide) groups is 1. The lowest BCUT2D eigenvalue weighted by Gasteiger charge is -2.25. The molecule has 0 N–H and O–H groups in total. The van der Waals surface area contributed by atoms with Crippen LogP contribution in [0.5, 0.6) is 5.75 Å². The van der Waals surface area contributed by atoms with Gasteiger partial charge in [0.2, 0.25) is 5.91 Å². The number of benzene rings is 2. The van der Waals surface area contributed by atoms with Gasteiger partial charge in [-0.25, -0.2) is 0 Å². The third kappa shape index (κ3) is 5.41. The Balaban J connectivity index is 1.50. The van der Waals surface area contributed by atoms with Gasteiger partial charge in [0, 0.05) is 18.3 Å². The van der Waals surface area contributed by atoms with Crippen molar-refractivity contribution in [2.75, 3.05) is 4.90 Å². The van der Waals surface area contributed by atoms with Gasteiger partial charge in [0.1, 0.15) is 12.4 Å². The van der Waals surface area contributed by atoms with Crippen LogP contribution in [0.3, 0.4) is 0 Å². The molecule has 33 heavy (non-hydrogen) atoms. The van der Waals surface area contributed by atoms with Crippen molar-refractivity contribution in [2.24, 2.45) is 5.92 Å². The second-order valence-corrected chi connectivity index (χ2v) is 10.3. The average Bonchev–Trinajstić information content (AvgIpc) is 3.35. The molecule has 0 fully saturated rings. The third-order valence-corrected chi connectivity index (χ3v) is 6.98. The molecule has 1 aromatic heterocycles. The molecule has 2 atom stereocenters. The zero-order valence-corrected chi connectivity index (χ0v) is 20.6. The maximum atomic E-state index is 13.4. The molecule has 0 saturated heterocycles. The molecule has 3 aromatic rings. The van der Waals surface area contributed by atoms with Crippen molar-refractivity contribution in [1.82, 2.24) is 14.8 Å². The number of rotatable bonds is 9. The first-order valence-corrected chi connectivity index (χ1v) is 12.5. The number of anilines is 1. The fraction of sp³-hybridized carbons (Fsp3) is 0.423. The molecule has 1 amide bonds. The van der Waals surface area contributed by atoms with Gasteiger partial charge in [-0.15, -0.1) is 10.2 Å². The van der Waals surface area contributed by atoms with E-state index in [1.54, 1.807) is 0 Å². The minimum atomic E-state index is -0.275. The Kier molecular flexibility index (Phi) is 7.38. The largest absolute Gasteiger partial charge is 0.486 e. The van der Waals surface area contributed by atoms with Gasteiger partial charge in [0.15, 0.2) is 11.0 Å².